The van der Waals surface area contributed by atoms with Gasteiger partial charge in [0, 0.05) is 18.9 Å². The molecule has 0 bridgehead atoms. The molecule has 0 aliphatic carbocycles. The Kier molecular flexibility index (Phi) is 3.18. The number of thiophene rings is 1. The summed E-state index contributed by atoms with van der Waals surface area (Å²) in [6, 6.07) is 2.05. The van der Waals surface area contributed by atoms with Gasteiger partial charge in [-0.05, 0) is 28.8 Å². The van der Waals surface area contributed by atoms with E-state index in [1.54, 1.807) is 22.1 Å². The number of rotatable bonds is 3. The van der Waals surface area contributed by atoms with Crippen LogP contribution in [-0.2, 0) is 13.0 Å². The maximum atomic E-state index is 11.5. The quantitative estimate of drug-likeness (QED) is 0.825. The minimum absolute atomic E-state index is 0.0304. The summed E-state index contributed by atoms with van der Waals surface area (Å²) in [6.45, 7) is 0.637. The van der Waals surface area contributed by atoms with Crippen LogP contribution in [0.4, 0.5) is 0 Å². The Hall–Kier alpha value is -1.13. The molecule has 0 unspecified atom stereocenters. The second-order valence-corrected chi connectivity index (χ2v) is 4.24. The zero-order chi connectivity index (χ0) is 10.7. The Labute approximate surface area is 96.0 Å². The van der Waals surface area contributed by atoms with Crippen LogP contribution in [0.25, 0.3) is 0 Å². The van der Waals surface area contributed by atoms with Crippen LogP contribution >= 0.6 is 22.9 Å². The molecule has 0 fully saturated rings. The molecule has 0 aromatic carbocycles. The summed E-state index contributed by atoms with van der Waals surface area (Å²) in [5.74, 6) is 0. The summed E-state index contributed by atoms with van der Waals surface area (Å²) in [6.07, 6.45) is 4.03. The van der Waals surface area contributed by atoms with Gasteiger partial charge in [-0.2, -0.15) is 11.3 Å². The van der Waals surface area contributed by atoms with E-state index in [0.717, 1.165) is 6.42 Å². The van der Waals surface area contributed by atoms with Gasteiger partial charge < -0.3 is 4.57 Å². The third-order valence-electron chi connectivity index (χ3n) is 2.09. The molecular formula is C10H9ClN2OS. The molecule has 0 spiro atoms. The molecule has 0 aliphatic rings. The molecule has 0 aliphatic heterocycles. The van der Waals surface area contributed by atoms with E-state index >= 15 is 0 Å². The van der Waals surface area contributed by atoms with Gasteiger partial charge in [0.05, 0.1) is 0 Å². The van der Waals surface area contributed by atoms with Crippen molar-refractivity contribution in [2.75, 3.05) is 0 Å². The highest BCUT2D eigenvalue weighted by Gasteiger charge is 2.01. The summed E-state index contributed by atoms with van der Waals surface area (Å²) < 4.78 is 1.58. The monoisotopic (exact) mass is 240 g/mol. The molecule has 15 heavy (non-hydrogen) atoms. The van der Waals surface area contributed by atoms with Gasteiger partial charge in [-0.1, -0.05) is 11.6 Å². The summed E-state index contributed by atoms with van der Waals surface area (Å²) in [5.41, 5.74) is 1.01. The number of hydrogen-bond donors (Lipinski definition) is 0. The maximum absolute atomic E-state index is 11.5. The maximum Gasteiger partial charge on any atom is 0.288 e. The Morgan fingerprint density at radius 2 is 2.40 bits per heavy atom. The molecule has 2 heterocycles. The zero-order valence-corrected chi connectivity index (χ0v) is 9.46. The molecule has 2 aromatic heterocycles. The van der Waals surface area contributed by atoms with Crippen molar-refractivity contribution in [3.05, 3.63) is 50.3 Å². The highest BCUT2D eigenvalue weighted by atomic mass is 35.5. The first-order chi connectivity index (χ1) is 7.27. The molecule has 2 aromatic rings. The molecule has 0 amide bonds. The van der Waals surface area contributed by atoms with Crippen molar-refractivity contribution in [3.63, 3.8) is 0 Å². The van der Waals surface area contributed by atoms with Crippen molar-refractivity contribution in [1.82, 2.24) is 9.55 Å². The molecule has 0 atom stereocenters. The van der Waals surface area contributed by atoms with Crippen LogP contribution in [0.2, 0.25) is 5.15 Å². The lowest BCUT2D eigenvalue weighted by Crippen LogP contribution is -2.21. The van der Waals surface area contributed by atoms with Crippen LogP contribution in [0, 0.1) is 0 Å². The van der Waals surface area contributed by atoms with Crippen LogP contribution in [0.15, 0.2) is 34.0 Å². The fourth-order valence-corrected chi connectivity index (χ4v) is 2.15. The van der Waals surface area contributed by atoms with E-state index in [4.69, 9.17) is 11.6 Å². The molecule has 0 N–H and O–H groups in total. The third-order valence-corrected chi connectivity index (χ3v) is 3.08. The van der Waals surface area contributed by atoms with Crippen molar-refractivity contribution >= 4 is 22.9 Å². The van der Waals surface area contributed by atoms with E-state index in [1.807, 2.05) is 5.38 Å². The average Bonchev–Trinajstić information content (AvgIpc) is 2.73. The van der Waals surface area contributed by atoms with E-state index in [-0.39, 0.29) is 10.7 Å². The van der Waals surface area contributed by atoms with Crippen molar-refractivity contribution in [2.45, 2.75) is 13.0 Å². The number of halogens is 1. The summed E-state index contributed by atoms with van der Waals surface area (Å²) >= 11 is 7.29. The standard InChI is InChI=1S/C10H9ClN2OS/c11-9-10(14)13(5-3-12-9)4-1-8-2-6-15-7-8/h2-3,5-7H,1,4H2. The average molecular weight is 241 g/mol. The first kappa shape index (κ1) is 10.4. The van der Waals surface area contributed by atoms with Crippen LogP contribution in [-0.4, -0.2) is 9.55 Å². The zero-order valence-electron chi connectivity index (χ0n) is 7.89. The molecule has 0 radical (unpaired) electrons. The van der Waals surface area contributed by atoms with Crippen molar-refractivity contribution in [3.8, 4) is 0 Å². The van der Waals surface area contributed by atoms with Crippen LogP contribution in [0.5, 0.6) is 0 Å². The lowest BCUT2D eigenvalue weighted by molar-refractivity contribution is 0.664. The Bertz CT molecular complexity index is 492. The van der Waals surface area contributed by atoms with Gasteiger partial charge in [0.15, 0.2) is 5.15 Å². The van der Waals surface area contributed by atoms with E-state index in [1.165, 1.54) is 11.8 Å². The SMILES string of the molecule is O=c1c(Cl)nccn1CCc1ccsc1. The predicted octanol–water partition coefficient (Wildman–Crippen LogP) is 2.20. The Morgan fingerprint density at radius 3 is 3.13 bits per heavy atom. The molecule has 3 nitrogen and oxygen atoms in total. The minimum Gasteiger partial charge on any atom is -0.311 e. The smallest absolute Gasteiger partial charge is 0.288 e. The van der Waals surface area contributed by atoms with E-state index < -0.39 is 0 Å². The minimum atomic E-state index is -0.227. The van der Waals surface area contributed by atoms with E-state index in [2.05, 4.69) is 16.4 Å². The fraction of sp³-hybridized carbons (Fsp3) is 0.200. The number of aromatic nitrogens is 2. The van der Waals surface area contributed by atoms with Gasteiger partial charge in [-0.15, -0.1) is 0 Å². The molecule has 5 heteroatoms. The predicted molar refractivity (Wildman–Crippen MR) is 61.5 cm³/mol. The van der Waals surface area contributed by atoms with Crippen LogP contribution in [0.3, 0.4) is 0 Å². The summed E-state index contributed by atoms with van der Waals surface area (Å²) in [4.78, 5) is 15.2. The lowest BCUT2D eigenvalue weighted by atomic mass is 10.2. The summed E-state index contributed by atoms with van der Waals surface area (Å²) in [7, 11) is 0. The topological polar surface area (TPSA) is 34.9 Å². The Morgan fingerprint density at radius 1 is 1.53 bits per heavy atom. The van der Waals surface area contributed by atoms with Gasteiger partial charge in [0.1, 0.15) is 0 Å². The first-order valence-corrected chi connectivity index (χ1v) is 5.81. The number of hydrogen-bond acceptors (Lipinski definition) is 3. The van der Waals surface area contributed by atoms with Crippen LogP contribution < -0.4 is 5.56 Å². The van der Waals surface area contributed by atoms with Gasteiger partial charge in [0.25, 0.3) is 5.56 Å². The van der Waals surface area contributed by atoms with Crippen molar-refractivity contribution in [2.24, 2.45) is 0 Å². The third kappa shape index (κ3) is 2.46. The van der Waals surface area contributed by atoms with Crippen molar-refractivity contribution in [1.29, 1.82) is 0 Å². The summed E-state index contributed by atoms with van der Waals surface area (Å²) in [5, 5.41) is 4.13. The lowest BCUT2D eigenvalue weighted by Gasteiger charge is -2.03. The van der Waals surface area contributed by atoms with Gasteiger partial charge in [0.2, 0.25) is 0 Å². The fourth-order valence-electron chi connectivity index (χ4n) is 1.28. The molecule has 78 valence electrons. The highest BCUT2D eigenvalue weighted by Crippen LogP contribution is 2.07. The van der Waals surface area contributed by atoms with Crippen LogP contribution in [0.1, 0.15) is 5.56 Å². The second kappa shape index (κ2) is 4.59. The van der Waals surface area contributed by atoms with E-state index in [0.29, 0.717) is 6.54 Å². The number of aryl methyl sites for hydroxylation is 2. The first-order valence-electron chi connectivity index (χ1n) is 4.49. The second-order valence-electron chi connectivity index (χ2n) is 3.10. The number of nitrogens with zero attached hydrogens (tertiary/aromatic N) is 2. The molecular weight excluding hydrogens is 232 g/mol. The largest absolute Gasteiger partial charge is 0.311 e. The van der Waals surface area contributed by atoms with Gasteiger partial charge in [-0.3, -0.25) is 4.79 Å². The molecule has 2 rings (SSSR count). The van der Waals surface area contributed by atoms with Gasteiger partial charge >= 0.3 is 0 Å². The molecule has 0 saturated heterocycles. The Balaban J connectivity index is 2.12. The van der Waals surface area contributed by atoms with Gasteiger partial charge in [-0.25, -0.2) is 4.98 Å². The normalized spacial score (nSPS) is 10.5. The van der Waals surface area contributed by atoms with Crippen molar-refractivity contribution < 1.29 is 0 Å². The highest BCUT2D eigenvalue weighted by molar-refractivity contribution is 7.07. The molecule has 0 saturated carbocycles. The van der Waals surface area contributed by atoms with E-state index in [9.17, 15) is 4.79 Å².